The van der Waals surface area contributed by atoms with E-state index in [-0.39, 0.29) is 11.9 Å². The van der Waals surface area contributed by atoms with Gasteiger partial charge in [-0.25, -0.2) is 0 Å². The number of hydrogen-bond donors (Lipinski definition) is 1. The highest BCUT2D eigenvalue weighted by atomic mass is 79.9. The van der Waals surface area contributed by atoms with E-state index >= 15 is 0 Å². The highest BCUT2D eigenvalue weighted by Crippen LogP contribution is 2.17. The van der Waals surface area contributed by atoms with Gasteiger partial charge in [0.15, 0.2) is 0 Å². The predicted octanol–water partition coefficient (Wildman–Crippen LogP) is 2.99. The van der Waals surface area contributed by atoms with E-state index < -0.39 is 0 Å². The maximum Gasteiger partial charge on any atom is 0.255 e. The lowest BCUT2D eigenvalue weighted by Crippen LogP contribution is -2.33. The molecule has 0 heterocycles. The van der Waals surface area contributed by atoms with Crippen LogP contribution in [0.3, 0.4) is 0 Å². The summed E-state index contributed by atoms with van der Waals surface area (Å²) >= 11 is 3.36. The fraction of sp³-hybridized carbons (Fsp3) is 0.462. The minimum atomic E-state index is -0.0810. The number of alkyl halides is 1. The molecule has 1 unspecified atom stereocenters. The number of benzene rings is 1. The maximum absolute atomic E-state index is 12.0. The topological polar surface area (TPSA) is 38.3 Å². The Morgan fingerprint density at radius 2 is 2.18 bits per heavy atom. The van der Waals surface area contributed by atoms with Crippen LogP contribution in [-0.2, 0) is 0 Å². The summed E-state index contributed by atoms with van der Waals surface area (Å²) in [5.41, 5.74) is 0.593. The molecule has 0 aromatic heterocycles. The number of carbonyl (C=O) groups is 1. The van der Waals surface area contributed by atoms with Crippen LogP contribution in [-0.4, -0.2) is 23.9 Å². The first-order chi connectivity index (χ1) is 8.19. The van der Waals surface area contributed by atoms with Gasteiger partial charge in [-0.15, -0.1) is 0 Å². The van der Waals surface area contributed by atoms with Crippen molar-refractivity contribution in [2.75, 3.05) is 11.9 Å². The number of carbonyl (C=O) groups excluding carboxylic acids is 1. The fourth-order valence-corrected chi connectivity index (χ4v) is 2.16. The van der Waals surface area contributed by atoms with Gasteiger partial charge < -0.3 is 10.1 Å². The molecule has 0 aliphatic rings. The Labute approximate surface area is 111 Å². The van der Waals surface area contributed by atoms with Gasteiger partial charge in [0.1, 0.15) is 5.75 Å². The maximum atomic E-state index is 12.0. The molecule has 3 nitrogen and oxygen atoms in total. The average Bonchev–Trinajstić information content (AvgIpc) is 2.30. The monoisotopic (exact) mass is 299 g/mol. The van der Waals surface area contributed by atoms with E-state index in [0.717, 1.165) is 11.8 Å². The molecule has 0 spiro atoms. The number of halogens is 1. The molecule has 0 saturated heterocycles. The van der Waals surface area contributed by atoms with E-state index in [4.69, 9.17) is 4.74 Å². The molecule has 0 radical (unpaired) electrons. The van der Waals surface area contributed by atoms with Crippen molar-refractivity contribution in [2.45, 2.75) is 26.3 Å². The predicted molar refractivity (Wildman–Crippen MR) is 73.0 cm³/mol. The third kappa shape index (κ3) is 4.38. The number of para-hydroxylation sites is 1. The van der Waals surface area contributed by atoms with Crippen LogP contribution in [0.15, 0.2) is 24.3 Å². The highest BCUT2D eigenvalue weighted by molar-refractivity contribution is 9.09. The van der Waals surface area contributed by atoms with Crippen molar-refractivity contribution in [3.63, 3.8) is 0 Å². The van der Waals surface area contributed by atoms with Gasteiger partial charge in [0.05, 0.1) is 12.2 Å². The summed E-state index contributed by atoms with van der Waals surface area (Å²) in [5, 5.41) is 3.82. The molecule has 17 heavy (non-hydrogen) atoms. The highest BCUT2D eigenvalue weighted by Gasteiger charge is 2.13. The standard InChI is InChI=1S/C13H18BrNO2/c1-3-17-12-7-5-4-6-11(12)13(16)15-10(2)8-9-14/h4-7,10H,3,8-9H2,1-2H3,(H,15,16). The third-order valence-electron chi connectivity index (χ3n) is 2.35. The number of nitrogens with one attached hydrogen (secondary N) is 1. The summed E-state index contributed by atoms with van der Waals surface area (Å²) in [6, 6.07) is 7.45. The minimum Gasteiger partial charge on any atom is -0.493 e. The molecule has 1 aromatic carbocycles. The first kappa shape index (κ1) is 14.0. The first-order valence-electron chi connectivity index (χ1n) is 5.77. The molecule has 94 valence electrons. The summed E-state index contributed by atoms with van der Waals surface area (Å²) < 4.78 is 5.43. The van der Waals surface area contributed by atoms with Crippen LogP contribution in [0, 0.1) is 0 Å². The van der Waals surface area contributed by atoms with Gasteiger partial charge in [0.25, 0.3) is 5.91 Å². The van der Waals surface area contributed by atoms with E-state index in [1.165, 1.54) is 0 Å². The third-order valence-corrected chi connectivity index (χ3v) is 2.81. The van der Waals surface area contributed by atoms with E-state index in [2.05, 4.69) is 21.2 Å². The second-order valence-corrected chi connectivity index (χ2v) is 4.57. The Morgan fingerprint density at radius 1 is 1.47 bits per heavy atom. The second-order valence-electron chi connectivity index (χ2n) is 3.78. The molecule has 0 aliphatic heterocycles. The Hall–Kier alpha value is -1.03. The first-order valence-corrected chi connectivity index (χ1v) is 6.89. The van der Waals surface area contributed by atoms with E-state index in [9.17, 15) is 4.79 Å². The summed E-state index contributed by atoms with van der Waals surface area (Å²) in [7, 11) is 0. The molecule has 1 amide bonds. The molecule has 4 heteroatoms. The Morgan fingerprint density at radius 3 is 2.82 bits per heavy atom. The van der Waals surface area contributed by atoms with Gasteiger partial charge in [-0.3, -0.25) is 4.79 Å². The smallest absolute Gasteiger partial charge is 0.255 e. The van der Waals surface area contributed by atoms with Crippen LogP contribution in [0.5, 0.6) is 5.75 Å². The number of hydrogen-bond acceptors (Lipinski definition) is 2. The van der Waals surface area contributed by atoms with Crippen LogP contribution < -0.4 is 10.1 Å². The molecule has 1 N–H and O–H groups in total. The molecule has 0 aliphatic carbocycles. The largest absolute Gasteiger partial charge is 0.493 e. The van der Waals surface area contributed by atoms with Gasteiger partial charge in [-0.05, 0) is 32.4 Å². The van der Waals surface area contributed by atoms with Crippen LogP contribution in [0.2, 0.25) is 0 Å². The van der Waals surface area contributed by atoms with Gasteiger partial charge in [0.2, 0.25) is 0 Å². The molecule has 0 bridgehead atoms. The molecular weight excluding hydrogens is 282 g/mol. The zero-order chi connectivity index (χ0) is 12.7. The second kappa shape index (κ2) is 7.33. The number of rotatable bonds is 6. The molecule has 0 saturated carbocycles. The molecule has 1 aromatic rings. The summed E-state index contributed by atoms with van der Waals surface area (Å²) in [5.74, 6) is 0.557. The Bertz CT molecular complexity index is 368. The number of amides is 1. The van der Waals surface area contributed by atoms with Gasteiger partial charge in [-0.2, -0.15) is 0 Å². The van der Waals surface area contributed by atoms with E-state index in [1.807, 2.05) is 32.0 Å². The van der Waals surface area contributed by atoms with Crippen molar-refractivity contribution in [1.82, 2.24) is 5.32 Å². The Kier molecular flexibility index (Phi) is 6.05. The zero-order valence-corrected chi connectivity index (χ0v) is 11.8. The fourth-order valence-electron chi connectivity index (χ4n) is 1.47. The van der Waals surface area contributed by atoms with Crippen molar-refractivity contribution in [3.8, 4) is 5.75 Å². The van der Waals surface area contributed by atoms with E-state index in [1.54, 1.807) is 6.07 Å². The molecule has 1 rings (SSSR count). The van der Waals surface area contributed by atoms with Gasteiger partial charge >= 0.3 is 0 Å². The van der Waals surface area contributed by atoms with E-state index in [0.29, 0.717) is 17.9 Å². The molecule has 0 fully saturated rings. The van der Waals surface area contributed by atoms with Crippen molar-refractivity contribution >= 4 is 21.8 Å². The SMILES string of the molecule is CCOc1ccccc1C(=O)NC(C)CCBr. The summed E-state index contributed by atoms with van der Waals surface area (Å²) in [6.07, 6.45) is 0.905. The van der Waals surface area contributed by atoms with Crippen LogP contribution in [0.1, 0.15) is 30.6 Å². The summed E-state index contributed by atoms with van der Waals surface area (Å²) in [4.78, 5) is 12.0. The van der Waals surface area contributed by atoms with Gasteiger partial charge in [-0.1, -0.05) is 28.1 Å². The summed E-state index contributed by atoms with van der Waals surface area (Å²) in [6.45, 7) is 4.45. The average molecular weight is 300 g/mol. The lowest BCUT2D eigenvalue weighted by atomic mass is 10.1. The van der Waals surface area contributed by atoms with Crippen molar-refractivity contribution in [1.29, 1.82) is 0 Å². The minimum absolute atomic E-state index is 0.0810. The quantitative estimate of drug-likeness (QED) is 0.820. The lowest BCUT2D eigenvalue weighted by Gasteiger charge is -2.14. The number of ether oxygens (including phenoxy) is 1. The molecule has 1 atom stereocenters. The Balaban J connectivity index is 2.74. The molecular formula is C13H18BrNO2. The van der Waals surface area contributed by atoms with Crippen molar-refractivity contribution < 1.29 is 9.53 Å². The van der Waals surface area contributed by atoms with Crippen molar-refractivity contribution in [2.24, 2.45) is 0 Å². The van der Waals surface area contributed by atoms with Crippen LogP contribution in [0.4, 0.5) is 0 Å². The zero-order valence-electron chi connectivity index (χ0n) is 10.2. The van der Waals surface area contributed by atoms with Crippen LogP contribution >= 0.6 is 15.9 Å². The lowest BCUT2D eigenvalue weighted by molar-refractivity contribution is 0.0936. The van der Waals surface area contributed by atoms with Gasteiger partial charge in [0, 0.05) is 11.4 Å². The van der Waals surface area contributed by atoms with Crippen molar-refractivity contribution in [3.05, 3.63) is 29.8 Å². The van der Waals surface area contributed by atoms with Crippen LogP contribution in [0.25, 0.3) is 0 Å². The normalized spacial score (nSPS) is 11.9.